The first-order chi connectivity index (χ1) is 17.6. The van der Waals surface area contributed by atoms with Crippen molar-refractivity contribution in [3.05, 3.63) is 0 Å². The Morgan fingerprint density at radius 2 is 1.73 bits per heavy atom. The van der Waals surface area contributed by atoms with Crippen LogP contribution in [0.1, 0.15) is 70.6 Å². The van der Waals surface area contributed by atoms with E-state index in [0.29, 0.717) is 25.7 Å². The molecule has 2 amide bonds. The summed E-state index contributed by atoms with van der Waals surface area (Å²) in [6.07, 6.45) is 7.51. The molecule has 0 bridgehead atoms. The Kier molecular flexibility index (Phi) is 10.1. The molecule has 4 fully saturated rings. The number of carbonyl (C=O) groups excluding carboxylic acids is 2. The molecule has 0 aromatic rings. The molecule has 0 aromatic heterocycles. The van der Waals surface area contributed by atoms with Crippen molar-refractivity contribution in [2.75, 3.05) is 26.0 Å². The minimum Gasteiger partial charge on any atom is -0.353 e. The molecule has 9 nitrogen and oxygen atoms in total. The highest BCUT2D eigenvalue weighted by Gasteiger charge is 2.44. The number of hydrogen-bond acceptors (Lipinski definition) is 6. The fourth-order valence-corrected chi connectivity index (χ4v) is 8.29. The van der Waals surface area contributed by atoms with Gasteiger partial charge in [0.2, 0.25) is 21.8 Å². The van der Waals surface area contributed by atoms with E-state index in [-0.39, 0.29) is 41.5 Å². The van der Waals surface area contributed by atoms with Gasteiger partial charge in [-0.2, -0.15) is 0 Å². The van der Waals surface area contributed by atoms with Gasteiger partial charge in [-0.15, -0.1) is 16.4 Å². The number of hydrogen-bond donors (Lipinski definition) is 4. The van der Waals surface area contributed by atoms with E-state index in [2.05, 4.69) is 25.8 Å². The van der Waals surface area contributed by atoms with Crippen LogP contribution < -0.4 is 20.9 Å². The highest BCUT2D eigenvalue weighted by atomic mass is 35.5. The first kappa shape index (κ1) is 29.0. The second-order valence-corrected chi connectivity index (χ2v) is 14.1. The Bertz CT molecular complexity index is 898. The maximum absolute atomic E-state index is 14.8. The molecule has 4 N–H and O–H groups in total. The fourth-order valence-electron chi connectivity index (χ4n) is 6.59. The molecular formula is C25H43ClFN5O4S. The number of likely N-dealkylation sites (N-methyl/N-ethyl adjacent to an activating group) is 1. The summed E-state index contributed by atoms with van der Waals surface area (Å²) in [5.41, 5.74) is 2.26. The number of rotatable bonds is 8. The summed E-state index contributed by atoms with van der Waals surface area (Å²) in [4.78, 5) is 29.6. The third-order valence-electron chi connectivity index (χ3n) is 8.81. The molecule has 5 atom stereocenters. The van der Waals surface area contributed by atoms with E-state index in [1.165, 1.54) is 6.42 Å². The molecule has 3 saturated carbocycles. The van der Waals surface area contributed by atoms with Crippen molar-refractivity contribution in [1.29, 1.82) is 0 Å². The van der Waals surface area contributed by atoms with E-state index in [1.807, 2.05) is 7.05 Å². The van der Waals surface area contributed by atoms with Gasteiger partial charge in [0.25, 0.3) is 0 Å². The van der Waals surface area contributed by atoms with Gasteiger partial charge in [0, 0.05) is 31.2 Å². The van der Waals surface area contributed by atoms with Crippen LogP contribution in [0.5, 0.6) is 0 Å². The second-order valence-electron chi connectivity index (χ2n) is 11.7. The van der Waals surface area contributed by atoms with Gasteiger partial charge >= 0.3 is 0 Å². The monoisotopic (exact) mass is 563 g/mol. The first-order valence-corrected chi connectivity index (χ1v) is 16.0. The SMILES string of the molecule is CN1CNC(C2CC(Cl)C(F)C(C(=O)NNS(=O)(=O)CC3CCC(NC(=O)C4CCCCC4)CC3)C2)C1. The smallest absolute Gasteiger partial charge is 0.241 e. The second kappa shape index (κ2) is 12.9. The zero-order chi connectivity index (χ0) is 26.6. The largest absolute Gasteiger partial charge is 0.353 e. The zero-order valence-corrected chi connectivity index (χ0v) is 23.3. The molecule has 4 rings (SSSR count). The quantitative estimate of drug-likeness (QED) is 0.265. The molecule has 12 heteroatoms. The van der Waals surface area contributed by atoms with Crippen molar-refractivity contribution in [3.8, 4) is 0 Å². The number of hydrazine groups is 1. The minimum absolute atomic E-state index is 0.0422. The summed E-state index contributed by atoms with van der Waals surface area (Å²) in [6, 6.07) is 0.229. The van der Waals surface area contributed by atoms with Gasteiger partial charge in [0.1, 0.15) is 6.17 Å². The van der Waals surface area contributed by atoms with Crippen LogP contribution in [-0.2, 0) is 19.6 Å². The van der Waals surface area contributed by atoms with Crippen molar-refractivity contribution in [1.82, 2.24) is 25.8 Å². The van der Waals surface area contributed by atoms with Gasteiger partial charge in [0.05, 0.1) is 17.0 Å². The Balaban J connectivity index is 1.20. The van der Waals surface area contributed by atoms with Crippen LogP contribution in [0.2, 0.25) is 0 Å². The molecule has 37 heavy (non-hydrogen) atoms. The van der Waals surface area contributed by atoms with Crippen LogP contribution in [0.4, 0.5) is 4.39 Å². The number of sulfonamides is 1. The lowest BCUT2D eigenvalue weighted by Crippen LogP contribution is -2.52. The van der Waals surface area contributed by atoms with Gasteiger partial charge in [0.15, 0.2) is 0 Å². The highest BCUT2D eigenvalue weighted by Crippen LogP contribution is 2.37. The van der Waals surface area contributed by atoms with E-state index >= 15 is 0 Å². The Hall–Kier alpha value is -1.01. The van der Waals surface area contributed by atoms with E-state index in [1.54, 1.807) is 0 Å². The number of alkyl halides is 2. The lowest BCUT2D eigenvalue weighted by molar-refractivity contribution is -0.129. The van der Waals surface area contributed by atoms with Crippen LogP contribution in [0.25, 0.3) is 0 Å². The van der Waals surface area contributed by atoms with Gasteiger partial charge in [-0.05, 0) is 70.3 Å². The molecule has 1 saturated heterocycles. The van der Waals surface area contributed by atoms with Crippen molar-refractivity contribution < 1.29 is 22.4 Å². The van der Waals surface area contributed by atoms with Crippen LogP contribution >= 0.6 is 11.6 Å². The van der Waals surface area contributed by atoms with Gasteiger partial charge in [-0.3, -0.25) is 25.2 Å². The molecule has 3 aliphatic carbocycles. The van der Waals surface area contributed by atoms with Crippen molar-refractivity contribution in [2.24, 2.45) is 23.7 Å². The number of nitrogens with one attached hydrogen (secondary N) is 4. The average molecular weight is 564 g/mol. The first-order valence-electron chi connectivity index (χ1n) is 13.9. The predicted molar refractivity (Wildman–Crippen MR) is 141 cm³/mol. The summed E-state index contributed by atoms with van der Waals surface area (Å²) in [6.45, 7) is 1.54. The average Bonchev–Trinajstić information content (AvgIpc) is 3.32. The molecular weight excluding hydrogens is 521 g/mol. The lowest BCUT2D eigenvalue weighted by atomic mass is 9.76. The molecule has 5 unspecified atom stereocenters. The molecule has 1 aliphatic heterocycles. The summed E-state index contributed by atoms with van der Waals surface area (Å²) in [7, 11) is -1.79. The molecule has 4 aliphatic rings. The van der Waals surface area contributed by atoms with Crippen molar-refractivity contribution in [2.45, 2.75) is 94.3 Å². The fraction of sp³-hybridized carbons (Fsp3) is 0.920. The van der Waals surface area contributed by atoms with Crippen LogP contribution in [0, 0.1) is 23.7 Å². The minimum atomic E-state index is -3.78. The Labute approximate surface area is 225 Å². The molecule has 0 spiro atoms. The van der Waals surface area contributed by atoms with Crippen LogP contribution in [-0.4, -0.2) is 74.8 Å². The molecule has 1 heterocycles. The highest BCUT2D eigenvalue weighted by molar-refractivity contribution is 7.89. The molecule has 0 aromatic carbocycles. The maximum Gasteiger partial charge on any atom is 0.241 e. The summed E-state index contributed by atoms with van der Waals surface area (Å²) in [5.74, 6) is -1.53. The van der Waals surface area contributed by atoms with E-state index < -0.39 is 33.4 Å². The van der Waals surface area contributed by atoms with Crippen molar-refractivity contribution in [3.63, 3.8) is 0 Å². The number of amides is 2. The zero-order valence-electron chi connectivity index (χ0n) is 21.8. The molecule has 212 valence electrons. The van der Waals surface area contributed by atoms with Gasteiger partial charge in [-0.1, -0.05) is 19.3 Å². The number of carbonyl (C=O) groups is 2. The Morgan fingerprint density at radius 1 is 1.03 bits per heavy atom. The van der Waals surface area contributed by atoms with Crippen molar-refractivity contribution >= 4 is 33.4 Å². The topological polar surface area (TPSA) is 120 Å². The van der Waals surface area contributed by atoms with Gasteiger partial charge in [-0.25, -0.2) is 12.8 Å². The van der Waals surface area contributed by atoms with Gasteiger partial charge < -0.3 is 5.32 Å². The van der Waals surface area contributed by atoms with E-state index in [4.69, 9.17) is 11.6 Å². The standard InChI is InChI=1S/C25H43ClFN5O4S/c1-32-13-22(28-15-32)18-11-20(23(27)21(26)12-18)25(34)30-31-37(35,36)14-16-7-9-19(10-8-16)29-24(33)17-5-3-2-4-6-17/h16-23,28,31H,2-15H2,1H3,(H,29,33)(H,30,34). The number of halogens is 2. The lowest BCUT2D eigenvalue weighted by Gasteiger charge is -2.37. The van der Waals surface area contributed by atoms with E-state index in [0.717, 1.165) is 51.7 Å². The third-order valence-corrected chi connectivity index (χ3v) is 10.5. The molecule has 0 radical (unpaired) electrons. The predicted octanol–water partition coefficient (Wildman–Crippen LogP) is 2.03. The maximum atomic E-state index is 14.8. The normalized spacial score (nSPS) is 36.2. The van der Waals surface area contributed by atoms with Crippen LogP contribution in [0.3, 0.4) is 0 Å². The summed E-state index contributed by atoms with van der Waals surface area (Å²) < 4.78 is 40.2. The summed E-state index contributed by atoms with van der Waals surface area (Å²) >= 11 is 6.26. The summed E-state index contributed by atoms with van der Waals surface area (Å²) in [5, 5.41) is 5.76. The third kappa shape index (κ3) is 8.00. The number of nitrogens with zero attached hydrogens (tertiary/aromatic N) is 1. The van der Waals surface area contributed by atoms with Crippen LogP contribution in [0.15, 0.2) is 0 Å². The van der Waals surface area contributed by atoms with E-state index in [9.17, 15) is 22.4 Å². The Morgan fingerprint density at radius 3 is 2.38 bits per heavy atom.